The zero-order chi connectivity index (χ0) is 14.4. The van der Waals surface area contributed by atoms with Crippen LogP contribution in [-0.2, 0) is 4.79 Å². The van der Waals surface area contributed by atoms with Crippen molar-refractivity contribution in [1.29, 1.82) is 0 Å². The molecular formula is C12H14Cl2N2O3. The first-order valence-electron chi connectivity index (χ1n) is 5.69. The number of nitrogens with one attached hydrogen (secondary N) is 2. The number of carbonyl (C=O) groups is 2. The van der Waals surface area contributed by atoms with Crippen molar-refractivity contribution in [2.45, 2.75) is 25.8 Å². The van der Waals surface area contributed by atoms with Gasteiger partial charge in [-0.15, -0.1) is 0 Å². The molecule has 0 aliphatic carbocycles. The molecule has 0 aromatic heterocycles. The number of amides is 2. The molecule has 1 aromatic rings. The standard InChI is InChI=1S/C12H14Cl2N2O3/c1-2-3-9(11(17)18)15-12(19)16-10-6-7(13)4-5-8(10)14/h4-6,9H,2-3H2,1H3,(H,17,18)(H2,15,16,19)/t9-/m0/s1. The van der Waals surface area contributed by atoms with Gasteiger partial charge in [0.25, 0.3) is 0 Å². The second-order valence-corrected chi connectivity index (χ2v) is 4.75. The van der Waals surface area contributed by atoms with Crippen LogP contribution in [0, 0.1) is 0 Å². The summed E-state index contributed by atoms with van der Waals surface area (Å²) in [6.07, 6.45) is 1.00. The lowest BCUT2D eigenvalue weighted by Crippen LogP contribution is -2.42. The van der Waals surface area contributed by atoms with Gasteiger partial charge in [0.2, 0.25) is 0 Å². The van der Waals surface area contributed by atoms with Crippen LogP contribution in [0.5, 0.6) is 0 Å². The molecular weight excluding hydrogens is 291 g/mol. The van der Waals surface area contributed by atoms with E-state index < -0.39 is 18.0 Å². The van der Waals surface area contributed by atoms with Crippen LogP contribution >= 0.6 is 23.2 Å². The maximum absolute atomic E-state index is 11.7. The van der Waals surface area contributed by atoms with Crippen LogP contribution < -0.4 is 10.6 Å². The van der Waals surface area contributed by atoms with E-state index in [1.54, 1.807) is 12.1 Å². The first-order chi connectivity index (χ1) is 8.93. The zero-order valence-corrected chi connectivity index (χ0v) is 11.8. The SMILES string of the molecule is CCC[C@H](NC(=O)Nc1cc(Cl)ccc1Cl)C(=O)O. The Morgan fingerprint density at radius 1 is 1.37 bits per heavy atom. The van der Waals surface area contributed by atoms with Gasteiger partial charge >= 0.3 is 12.0 Å². The summed E-state index contributed by atoms with van der Waals surface area (Å²) in [7, 11) is 0. The van der Waals surface area contributed by atoms with Crippen molar-refractivity contribution in [2.75, 3.05) is 5.32 Å². The van der Waals surface area contributed by atoms with Crippen LogP contribution in [0.2, 0.25) is 10.0 Å². The van der Waals surface area contributed by atoms with E-state index in [0.717, 1.165) is 0 Å². The Hall–Kier alpha value is -1.46. The molecule has 0 aliphatic heterocycles. The van der Waals surface area contributed by atoms with E-state index in [2.05, 4.69) is 10.6 Å². The number of hydrogen-bond donors (Lipinski definition) is 3. The largest absolute Gasteiger partial charge is 0.480 e. The predicted octanol–water partition coefficient (Wildman–Crippen LogP) is 3.37. The molecule has 7 heteroatoms. The summed E-state index contributed by atoms with van der Waals surface area (Å²) in [6.45, 7) is 1.84. The molecule has 0 aliphatic rings. The zero-order valence-electron chi connectivity index (χ0n) is 10.2. The van der Waals surface area contributed by atoms with Crippen molar-refractivity contribution in [1.82, 2.24) is 5.32 Å². The van der Waals surface area contributed by atoms with Gasteiger partial charge in [-0.25, -0.2) is 9.59 Å². The average molecular weight is 305 g/mol. The van der Waals surface area contributed by atoms with Crippen molar-refractivity contribution < 1.29 is 14.7 Å². The Labute approximate surface area is 120 Å². The number of carboxylic acids is 1. The summed E-state index contributed by atoms with van der Waals surface area (Å²) in [5.41, 5.74) is 0.326. The molecule has 1 aromatic carbocycles. The van der Waals surface area contributed by atoms with Crippen LogP contribution in [0.1, 0.15) is 19.8 Å². The first kappa shape index (κ1) is 15.6. The normalized spacial score (nSPS) is 11.7. The van der Waals surface area contributed by atoms with E-state index in [1.807, 2.05) is 6.92 Å². The van der Waals surface area contributed by atoms with Crippen LogP contribution in [0.25, 0.3) is 0 Å². The highest BCUT2D eigenvalue weighted by Gasteiger charge is 2.19. The highest BCUT2D eigenvalue weighted by atomic mass is 35.5. The number of hydrogen-bond acceptors (Lipinski definition) is 2. The maximum Gasteiger partial charge on any atom is 0.326 e. The molecule has 104 valence electrons. The minimum Gasteiger partial charge on any atom is -0.480 e. The van der Waals surface area contributed by atoms with Crippen LogP contribution in [0.4, 0.5) is 10.5 Å². The number of rotatable bonds is 5. The molecule has 0 saturated heterocycles. The molecule has 0 heterocycles. The van der Waals surface area contributed by atoms with Gasteiger partial charge in [0, 0.05) is 5.02 Å². The molecule has 0 radical (unpaired) electrons. The van der Waals surface area contributed by atoms with Crippen molar-refractivity contribution in [3.8, 4) is 0 Å². The second-order valence-electron chi connectivity index (χ2n) is 3.90. The molecule has 0 saturated carbocycles. The third-order valence-electron chi connectivity index (χ3n) is 2.36. The molecule has 0 spiro atoms. The lowest BCUT2D eigenvalue weighted by Gasteiger charge is -2.14. The van der Waals surface area contributed by atoms with E-state index in [-0.39, 0.29) is 0 Å². The summed E-state index contributed by atoms with van der Waals surface area (Å²) in [4.78, 5) is 22.6. The molecule has 19 heavy (non-hydrogen) atoms. The molecule has 3 N–H and O–H groups in total. The summed E-state index contributed by atoms with van der Waals surface area (Å²) in [5.74, 6) is -1.07. The summed E-state index contributed by atoms with van der Waals surface area (Å²) < 4.78 is 0. The Bertz CT molecular complexity index is 480. The third-order valence-corrected chi connectivity index (χ3v) is 2.92. The Morgan fingerprint density at radius 2 is 2.05 bits per heavy atom. The summed E-state index contributed by atoms with van der Waals surface area (Å²) in [6, 6.07) is 3.05. The Morgan fingerprint density at radius 3 is 2.63 bits per heavy atom. The highest BCUT2D eigenvalue weighted by Crippen LogP contribution is 2.25. The van der Waals surface area contributed by atoms with E-state index >= 15 is 0 Å². The summed E-state index contributed by atoms with van der Waals surface area (Å²) in [5, 5.41) is 14.5. The lowest BCUT2D eigenvalue weighted by atomic mass is 10.2. The molecule has 0 bridgehead atoms. The number of anilines is 1. The van der Waals surface area contributed by atoms with Crippen molar-refractivity contribution in [2.24, 2.45) is 0 Å². The number of urea groups is 1. The fourth-order valence-electron chi connectivity index (χ4n) is 1.46. The number of aliphatic carboxylic acids is 1. The smallest absolute Gasteiger partial charge is 0.326 e. The van der Waals surface area contributed by atoms with Crippen LogP contribution in [0.3, 0.4) is 0 Å². The first-order valence-corrected chi connectivity index (χ1v) is 6.45. The molecule has 0 fully saturated rings. The molecule has 0 unspecified atom stereocenters. The van der Waals surface area contributed by atoms with Crippen molar-refractivity contribution in [3.63, 3.8) is 0 Å². The minimum absolute atomic E-state index is 0.321. The van der Waals surface area contributed by atoms with E-state index in [1.165, 1.54) is 6.07 Å². The van der Waals surface area contributed by atoms with Gasteiger partial charge in [-0.05, 0) is 24.6 Å². The van der Waals surface area contributed by atoms with Gasteiger partial charge in [0.15, 0.2) is 0 Å². The van der Waals surface area contributed by atoms with E-state index in [9.17, 15) is 9.59 Å². The highest BCUT2D eigenvalue weighted by molar-refractivity contribution is 6.35. The quantitative estimate of drug-likeness (QED) is 0.780. The predicted molar refractivity (Wildman–Crippen MR) is 74.9 cm³/mol. The maximum atomic E-state index is 11.7. The van der Waals surface area contributed by atoms with Crippen molar-refractivity contribution in [3.05, 3.63) is 28.2 Å². The number of benzene rings is 1. The molecule has 5 nitrogen and oxygen atoms in total. The average Bonchev–Trinajstić information content (AvgIpc) is 2.33. The van der Waals surface area contributed by atoms with Gasteiger partial charge in [-0.2, -0.15) is 0 Å². The summed E-state index contributed by atoms with van der Waals surface area (Å²) >= 11 is 11.7. The van der Waals surface area contributed by atoms with Gasteiger partial charge in [0.1, 0.15) is 6.04 Å². The van der Waals surface area contributed by atoms with Crippen LogP contribution in [-0.4, -0.2) is 23.1 Å². The van der Waals surface area contributed by atoms with Gasteiger partial charge in [-0.1, -0.05) is 36.5 Å². The van der Waals surface area contributed by atoms with Gasteiger partial charge < -0.3 is 15.7 Å². The lowest BCUT2D eigenvalue weighted by molar-refractivity contribution is -0.139. The van der Waals surface area contributed by atoms with E-state index in [4.69, 9.17) is 28.3 Å². The minimum atomic E-state index is -1.07. The number of carboxylic acid groups (broad SMARTS) is 1. The second kappa shape index (κ2) is 7.21. The third kappa shape index (κ3) is 4.96. The number of halogens is 2. The molecule has 2 amide bonds. The van der Waals surface area contributed by atoms with Crippen LogP contribution in [0.15, 0.2) is 18.2 Å². The monoisotopic (exact) mass is 304 g/mol. The van der Waals surface area contributed by atoms with Gasteiger partial charge in [0.05, 0.1) is 10.7 Å². The molecule has 1 rings (SSSR count). The Kier molecular flexibility index (Phi) is 5.92. The fourth-order valence-corrected chi connectivity index (χ4v) is 1.79. The van der Waals surface area contributed by atoms with Crippen molar-refractivity contribution >= 4 is 40.9 Å². The topological polar surface area (TPSA) is 78.4 Å². The van der Waals surface area contributed by atoms with Gasteiger partial charge in [-0.3, -0.25) is 0 Å². The van der Waals surface area contributed by atoms with E-state index in [0.29, 0.717) is 28.6 Å². The number of carbonyl (C=O) groups excluding carboxylic acids is 1. The Balaban J connectivity index is 2.68. The molecule has 1 atom stereocenters. The fraction of sp³-hybridized carbons (Fsp3) is 0.333.